The number of anilines is 1. The number of carbonyl (C=O) groups is 2. The van der Waals surface area contributed by atoms with Crippen LogP contribution < -0.4 is 5.32 Å². The lowest BCUT2D eigenvalue weighted by molar-refractivity contribution is -0.135. The normalized spacial score (nSPS) is 13.5. The monoisotopic (exact) mass is 414 g/mol. The standard InChI is InChI=1S/C26H26N2O3/c1-18(2)26(30)28-14-13-23-21(17-28)16-24(31-23)20-9-6-10-22(15-20)27-25(29)12-11-19-7-4-3-5-8-19/h3-12,15-16,18H,13-14,17H2,1-2H3,(H,27,29)/b12-11+. The molecule has 1 N–H and O–H groups in total. The maximum absolute atomic E-state index is 12.3. The second-order valence-corrected chi connectivity index (χ2v) is 8.04. The number of furan rings is 1. The molecular formula is C26H26N2O3. The van der Waals surface area contributed by atoms with E-state index in [4.69, 9.17) is 4.42 Å². The Bertz CT molecular complexity index is 1110. The zero-order valence-corrected chi connectivity index (χ0v) is 17.8. The van der Waals surface area contributed by atoms with Crippen LogP contribution in [-0.2, 0) is 22.6 Å². The van der Waals surface area contributed by atoms with Crippen molar-refractivity contribution in [3.63, 3.8) is 0 Å². The summed E-state index contributed by atoms with van der Waals surface area (Å²) >= 11 is 0. The Hall–Kier alpha value is -3.60. The maximum Gasteiger partial charge on any atom is 0.248 e. The molecule has 2 heterocycles. The predicted molar refractivity (Wildman–Crippen MR) is 122 cm³/mol. The maximum atomic E-state index is 12.3. The molecule has 0 unspecified atom stereocenters. The molecule has 4 rings (SSSR count). The van der Waals surface area contributed by atoms with E-state index in [9.17, 15) is 9.59 Å². The van der Waals surface area contributed by atoms with Crippen LogP contribution in [0.25, 0.3) is 17.4 Å². The Morgan fingerprint density at radius 1 is 1.06 bits per heavy atom. The SMILES string of the molecule is CC(C)C(=O)N1CCc2oc(-c3cccc(NC(=O)/C=C/c4ccccc4)c3)cc2C1. The molecule has 1 aliphatic heterocycles. The lowest BCUT2D eigenvalue weighted by Crippen LogP contribution is -2.37. The van der Waals surface area contributed by atoms with E-state index in [1.807, 2.05) is 79.4 Å². The molecule has 0 saturated carbocycles. The number of amides is 2. The van der Waals surface area contributed by atoms with E-state index < -0.39 is 0 Å². The fraction of sp³-hybridized carbons (Fsp3) is 0.231. The molecular weight excluding hydrogens is 388 g/mol. The van der Waals surface area contributed by atoms with Crippen LogP contribution >= 0.6 is 0 Å². The summed E-state index contributed by atoms with van der Waals surface area (Å²) in [6.45, 7) is 5.11. The predicted octanol–water partition coefficient (Wildman–Crippen LogP) is 5.14. The molecule has 158 valence electrons. The number of nitrogens with one attached hydrogen (secondary N) is 1. The van der Waals surface area contributed by atoms with Crippen molar-refractivity contribution in [3.8, 4) is 11.3 Å². The summed E-state index contributed by atoms with van der Waals surface area (Å²) in [5.41, 5.74) is 3.61. The molecule has 5 nitrogen and oxygen atoms in total. The number of benzene rings is 2. The minimum absolute atomic E-state index is 0.0100. The third-order valence-electron chi connectivity index (χ3n) is 5.31. The highest BCUT2D eigenvalue weighted by Gasteiger charge is 2.25. The van der Waals surface area contributed by atoms with Gasteiger partial charge < -0.3 is 14.6 Å². The zero-order chi connectivity index (χ0) is 21.8. The summed E-state index contributed by atoms with van der Waals surface area (Å²) in [5, 5.41) is 2.90. The fourth-order valence-corrected chi connectivity index (χ4v) is 3.70. The van der Waals surface area contributed by atoms with Gasteiger partial charge in [0.05, 0.1) is 0 Å². The largest absolute Gasteiger partial charge is 0.461 e. The number of rotatable bonds is 5. The summed E-state index contributed by atoms with van der Waals surface area (Å²) < 4.78 is 6.08. The second-order valence-electron chi connectivity index (χ2n) is 8.04. The molecule has 5 heteroatoms. The van der Waals surface area contributed by atoms with Gasteiger partial charge in [0.1, 0.15) is 11.5 Å². The molecule has 0 bridgehead atoms. The van der Waals surface area contributed by atoms with Gasteiger partial charge in [-0.25, -0.2) is 0 Å². The number of fused-ring (bicyclic) bond motifs is 1. The molecule has 31 heavy (non-hydrogen) atoms. The van der Waals surface area contributed by atoms with Crippen LogP contribution in [0, 0.1) is 5.92 Å². The molecule has 2 amide bonds. The number of hydrogen-bond acceptors (Lipinski definition) is 3. The van der Waals surface area contributed by atoms with Gasteiger partial charge >= 0.3 is 0 Å². The molecule has 0 saturated heterocycles. The van der Waals surface area contributed by atoms with Crippen molar-refractivity contribution in [1.29, 1.82) is 0 Å². The summed E-state index contributed by atoms with van der Waals surface area (Å²) in [7, 11) is 0. The van der Waals surface area contributed by atoms with E-state index in [0.29, 0.717) is 25.2 Å². The van der Waals surface area contributed by atoms with Gasteiger partial charge in [-0.05, 0) is 29.8 Å². The first-order valence-corrected chi connectivity index (χ1v) is 10.5. The third kappa shape index (κ3) is 4.94. The summed E-state index contributed by atoms with van der Waals surface area (Å²) in [6, 6.07) is 19.3. The molecule has 2 aromatic carbocycles. The molecule has 0 aliphatic carbocycles. The van der Waals surface area contributed by atoms with Crippen molar-refractivity contribution in [2.24, 2.45) is 5.92 Å². The van der Waals surface area contributed by atoms with Crippen molar-refractivity contribution in [1.82, 2.24) is 4.90 Å². The topological polar surface area (TPSA) is 62.6 Å². The van der Waals surface area contributed by atoms with Gasteiger partial charge in [0.25, 0.3) is 0 Å². The van der Waals surface area contributed by atoms with Gasteiger partial charge in [0, 0.05) is 48.3 Å². The Kier molecular flexibility index (Phi) is 6.03. The first kappa shape index (κ1) is 20.7. The van der Waals surface area contributed by atoms with Crippen molar-refractivity contribution in [2.75, 3.05) is 11.9 Å². The van der Waals surface area contributed by atoms with E-state index in [1.165, 1.54) is 6.08 Å². The van der Waals surface area contributed by atoms with Crippen molar-refractivity contribution < 1.29 is 14.0 Å². The van der Waals surface area contributed by atoms with E-state index in [1.54, 1.807) is 6.08 Å². The number of nitrogens with zero attached hydrogens (tertiary/aromatic N) is 1. The van der Waals surface area contributed by atoms with Crippen LogP contribution in [0.4, 0.5) is 5.69 Å². The average molecular weight is 415 g/mol. The smallest absolute Gasteiger partial charge is 0.248 e. The molecule has 0 fully saturated rings. The summed E-state index contributed by atoms with van der Waals surface area (Å²) in [4.78, 5) is 26.5. The Morgan fingerprint density at radius 2 is 1.87 bits per heavy atom. The highest BCUT2D eigenvalue weighted by Crippen LogP contribution is 2.31. The van der Waals surface area contributed by atoms with Crippen LogP contribution in [0.15, 0.2) is 71.2 Å². The number of carbonyl (C=O) groups excluding carboxylic acids is 2. The Morgan fingerprint density at radius 3 is 2.65 bits per heavy atom. The van der Waals surface area contributed by atoms with Gasteiger partial charge in [-0.3, -0.25) is 9.59 Å². The van der Waals surface area contributed by atoms with Gasteiger partial charge in [-0.2, -0.15) is 0 Å². The van der Waals surface area contributed by atoms with Gasteiger partial charge in [0.15, 0.2) is 0 Å². The third-order valence-corrected chi connectivity index (χ3v) is 5.31. The highest BCUT2D eigenvalue weighted by atomic mass is 16.3. The molecule has 3 aromatic rings. The molecule has 0 radical (unpaired) electrons. The highest BCUT2D eigenvalue weighted by molar-refractivity contribution is 6.02. The molecule has 1 aliphatic rings. The first-order valence-electron chi connectivity index (χ1n) is 10.5. The van der Waals surface area contributed by atoms with E-state index >= 15 is 0 Å². The van der Waals surface area contributed by atoms with Crippen molar-refractivity contribution >= 4 is 23.6 Å². The van der Waals surface area contributed by atoms with Crippen molar-refractivity contribution in [2.45, 2.75) is 26.8 Å². The zero-order valence-electron chi connectivity index (χ0n) is 17.8. The number of hydrogen-bond donors (Lipinski definition) is 1. The van der Waals surface area contributed by atoms with Crippen LogP contribution in [0.5, 0.6) is 0 Å². The van der Waals surface area contributed by atoms with Crippen LogP contribution in [0.2, 0.25) is 0 Å². The average Bonchev–Trinajstić information content (AvgIpc) is 3.21. The minimum Gasteiger partial charge on any atom is -0.461 e. The van der Waals surface area contributed by atoms with Gasteiger partial charge in [-0.15, -0.1) is 0 Å². The molecule has 0 atom stereocenters. The fourth-order valence-electron chi connectivity index (χ4n) is 3.70. The van der Waals surface area contributed by atoms with Crippen LogP contribution in [0.1, 0.15) is 30.7 Å². The quantitative estimate of drug-likeness (QED) is 0.588. The van der Waals surface area contributed by atoms with Crippen molar-refractivity contribution in [3.05, 3.63) is 83.6 Å². The Balaban J connectivity index is 1.46. The van der Waals surface area contributed by atoms with Gasteiger partial charge in [-0.1, -0.05) is 56.3 Å². The molecule has 1 aromatic heterocycles. The summed E-state index contributed by atoms with van der Waals surface area (Å²) in [5.74, 6) is 1.65. The Labute approximate surface area is 182 Å². The van der Waals surface area contributed by atoms with E-state index in [2.05, 4.69) is 5.32 Å². The van der Waals surface area contributed by atoms with Gasteiger partial charge in [0.2, 0.25) is 11.8 Å². The second kappa shape index (κ2) is 9.04. The lowest BCUT2D eigenvalue weighted by atomic mass is 10.1. The van der Waals surface area contributed by atoms with E-state index in [-0.39, 0.29) is 17.7 Å². The van der Waals surface area contributed by atoms with Crippen LogP contribution in [-0.4, -0.2) is 23.3 Å². The molecule has 0 spiro atoms. The summed E-state index contributed by atoms with van der Waals surface area (Å²) in [6.07, 6.45) is 4.02. The first-order chi connectivity index (χ1) is 15.0. The van der Waals surface area contributed by atoms with Crippen LogP contribution in [0.3, 0.4) is 0 Å². The lowest BCUT2D eigenvalue weighted by Gasteiger charge is -2.27. The van der Waals surface area contributed by atoms with E-state index in [0.717, 1.165) is 28.2 Å². The minimum atomic E-state index is -0.192.